The Hall–Kier alpha value is -0.260. The Balaban J connectivity index is 3.47. The monoisotopic (exact) mass is 196 g/mol. The van der Waals surface area contributed by atoms with Gasteiger partial charge in [0.25, 0.3) is 0 Å². The second-order valence-corrected chi connectivity index (χ2v) is 4.23. The fourth-order valence-electron chi connectivity index (χ4n) is 1.73. The van der Waals surface area contributed by atoms with Crippen LogP contribution >= 0.6 is 0 Å². The first-order chi connectivity index (χ1) is 6.85. The van der Waals surface area contributed by atoms with E-state index in [-0.39, 0.29) is 0 Å². The number of hydrogen-bond acceptors (Lipinski definition) is 0. The van der Waals surface area contributed by atoms with Gasteiger partial charge in [0.2, 0.25) is 0 Å². The van der Waals surface area contributed by atoms with Gasteiger partial charge in [0.15, 0.2) is 0 Å². The summed E-state index contributed by atoms with van der Waals surface area (Å²) in [6.07, 6.45) is 15.7. The van der Waals surface area contributed by atoms with Gasteiger partial charge in [-0.3, -0.25) is 0 Å². The molecule has 0 N–H and O–H groups in total. The maximum Gasteiger partial charge on any atom is -0.0236 e. The lowest BCUT2D eigenvalue weighted by atomic mass is 9.97. The fraction of sp³-hybridized carbons (Fsp3) is 0.857. The molecule has 0 bridgehead atoms. The predicted molar refractivity (Wildman–Crippen MR) is 66.6 cm³/mol. The summed E-state index contributed by atoms with van der Waals surface area (Å²) in [5.41, 5.74) is 0. The smallest absolute Gasteiger partial charge is 0.0236 e. The van der Waals surface area contributed by atoms with E-state index < -0.39 is 0 Å². The van der Waals surface area contributed by atoms with Gasteiger partial charge in [0.1, 0.15) is 0 Å². The van der Waals surface area contributed by atoms with Gasteiger partial charge >= 0.3 is 0 Å². The van der Waals surface area contributed by atoms with Crippen LogP contribution in [0.1, 0.15) is 72.1 Å². The van der Waals surface area contributed by atoms with E-state index in [1.807, 2.05) is 0 Å². The van der Waals surface area contributed by atoms with Gasteiger partial charge in [0.05, 0.1) is 0 Å². The lowest BCUT2D eigenvalue weighted by Gasteiger charge is -2.09. The molecule has 0 amide bonds. The minimum absolute atomic E-state index is 0.846. The van der Waals surface area contributed by atoms with Crippen molar-refractivity contribution in [1.82, 2.24) is 0 Å². The minimum Gasteiger partial charge on any atom is -0.0883 e. The van der Waals surface area contributed by atoms with Gasteiger partial charge in [0, 0.05) is 0 Å². The van der Waals surface area contributed by atoms with E-state index >= 15 is 0 Å². The van der Waals surface area contributed by atoms with Crippen molar-refractivity contribution in [1.29, 1.82) is 0 Å². The van der Waals surface area contributed by atoms with Crippen molar-refractivity contribution in [3.05, 3.63) is 12.2 Å². The largest absolute Gasteiger partial charge is 0.0883 e. The zero-order valence-electron chi connectivity index (χ0n) is 10.4. The Kier molecular flexibility index (Phi) is 10.6. The van der Waals surface area contributed by atoms with Gasteiger partial charge in [-0.25, -0.2) is 0 Å². The highest BCUT2D eigenvalue weighted by atomic mass is 14.1. The maximum absolute atomic E-state index is 2.44. The Morgan fingerprint density at radius 1 is 0.929 bits per heavy atom. The van der Waals surface area contributed by atoms with Crippen LogP contribution in [0.3, 0.4) is 0 Å². The van der Waals surface area contributed by atoms with Crippen molar-refractivity contribution in [3.8, 4) is 0 Å². The third-order valence-corrected chi connectivity index (χ3v) is 2.82. The summed E-state index contributed by atoms with van der Waals surface area (Å²) < 4.78 is 0. The second kappa shape index (κ2) is 10.8. The molecule has 0 aromatic heterocycles. The molecule has 0 nitrogen and oxygen atoms in total. The standard InChI is InChI=1S/C14H28/c1-4-7-9-11-13-14(6-3)12-10-8-5-2/h10,12,14H,4-9,11,13H2,1-3H3/b12-10+. The maximum atomic E-state index is 2.44. The van der Waals surface area contributed by atoms with E-state index in [2.05, 4.69) is 32.9 Å². The van der Waals surface area contributed by atoms with Crippen LogP contribution in [0.25, 0.3) is 0 Å². The molecule has 0 saturated carbocycles. The molecule has 0 radical (unpaired) electrons. The lowest BCUT2D eigenvalue weighted by molar-refractivity contribution is 0.517. The Bertz CT molecular complexity index is 124. The summed E-state index contributed by atoms with van der Waals surface area (Å²) in [4.78, 5) is 0. The predicted octanol–water partition coefficient (Wildman–Crippen LogP) is 5.34. The summed E-state index contributed by atoms with van der Waals surface area (Å²) in [6, 6.07) is 0. The van der Waals surface area contributed by atoms with Gasteiger partial charge in [-0.05, 0) is 25.2 Å². The van der Waals surface area contributed by atoms with Crippen LogP contribution in [-0.4, -0.2) is 0 Å². The van der Waals surface area contributed by atoms with Gasteiger partial charge in [-0.2, -0.15) is 0 Å². The summed E-state index contributed by atoms with van der Waals surface area (Å²) in [5.74, 6) is 0.846. The second-order valence-electron chi connectivity index (χ2n) is 4.23. The molecule has 84 valence electrons. The molecule has 0 aliphatic carbocycles. The number of unbranched alkanes of at least 4 members (excludes halogenated alkanes) is 4. The average molecular weight is 196 g/mol. The van der Waals surface area contributed by atoms with E-state index in [1.165, 1.54) is 51.4 Å². The molecule has 1 unspecified atom stereocenters. The van der Waals surface area contributed by atoms with Crippen LogP contribution in [0.5, 0.6) is 0 Å². The molecule has 0 spiro atoms. The van der Waals surface area contributed by atoms with Crippen LogP contribution in [0.2, 0.25) is 0 Å². The fourth-order valence-corrected chi connectivity index (χ4v) is 1.73. The molecule has 0 aromatic rings. The third-order valence-electron chi connectivity index (χ3n) is 2.82. The third kappa shape index (κ3) is 8.34. The van der Waals surface area contributed by atoms with Crippen molar-refractivity contribution in [2.45, 2.75) is 72.1 Å². The van der Waals surface area contributed by atoms with E-state index in [4.69, 9.17) is 0 Å². The van der Waals surface area contributed by atoms with Crippen LogP contribution in [0, 0.1) is 5.92 Å². The van der Waals surface area contributed by atoms with Crippen molar-refractivity contribution in [2.24, 2.45) is 5.92 Å². The molecule has 0 aliphatic rings. The zero-order chi connectivity index (χ0) is 10.6. The van der Waals surface area contributed by atoms with Crippen molar-refractivity contribution < 1.29 is 0 Å². The number of hydrogen-bond donors (Lipinski definition) is 0. The van der Waals surface area contributed by atoms with Crippen molar-refractivity contribution >= 4 is 0 Å². The van der Waals surface area contributed by atoms with Crippen LogP contribution < -0.4 is 0 Å². The molecule has 14 heavy (non-hydrogen) atoms. The summed E-state index contributed by atoms with van der Waals surface area (Å²) >= 11 is 0. The van der Waals surface area contributed by atoms with E-state index in [0.29, 0.717) is 0 Å². The van der Waals surface area contributed by atoms with Gasteiger partial charge in [-0.1, -0.05) is 65.0 Å². The van der Waals surface area contributed by atoms with E-state index in [0.717, 1.165) is 5.92 Å². The topological polar surface area (TPSA) is 0 Å². The summed E-state index contributed by atoms with van der Waals surface area (Å²) in [5, 5.41) is 0. The van der Waals surface area contributed by atoms with Crippen molar-refractivity contribution in [3.63, 3.8) is 0 Å². The average Bonchev–Trinajstić information content (AvgIpc) is 2.22. The highest BCUT2D eigenvalue weighted by Crippen LogP contribution is 2.15. The Morgan fingerprint density at radius 2 is 1.71 bits per heavy atom. The summed E-state index contributed by atoms with van der Waals surface area (Å²) in [7, 11) is 0. The molecule has 0 heteroatoms. The first kappa shape index (κ1) is 13.7. The normalized spacial score (nSPS) is 13.6. The van der Waals surface area contributed by atoms with Gasteiger partial charge in [-0.15, -0.1) is 0 Å². The van der Waals surface area contributed by atoms with Gasteiger partial charge < -0.3 is 0 Å². The molecule has 0 heterocycles. The minimum atomic E-state index is 0.846. The molecule has 0 aromatic carbocycles. The lowest BCUT2D eigenvalue weighted by Crippen LogP contribution is -1.94. The zero-order valence-corrected chi connectivity index (χ0v) is 10.4. The molecular formula is C14H28. The van der Waals surface area contributed by atoms with Crippen LogP contribution in [0.15, 0.2) is 12.2 Å². The molecule has 0 aliphatic heterocycles. The highest BCUT2D eigenvalue weighted by Gasteiger charge is 2.00. The molecule has 0 saturated heterocycles. The van der Waals surface area contributed by atoms with E-state index in [9.17, 15) is 0 Å². The molecular weight excluding hydrogens is 168 g/mol. The summed E-state index contributed by atoms with van der Waals surface area (Å²) in [6.45, 7) is 6.83. The van der Waals surface area contributed by atoms with Crippen LogP contribution in [0.4, 0.5) is 0 Å². The molecule has 0 rings (SSSR count). The van der Waals surface area contributed by atoms with E-state index in [1.54, 1.807) is 0 Å². The first-order valence-electron chi connectivity index (χ1n) is 6.51. The Labute approximate surface area is 90.8 Å². The Morgan fingerprint density at radius 3 is 2.29 bits per heavy atom. The SMILES string of the molecule is CCC/C=C/C(CC)CCCCCC. The van der Waals surface area contributed by atoms with Crippen LogP contribution in [-0.2, 0) is 0 Å². The van der Waals surface area contributed by atoms with Crippen molar-refractivity contribution in [2.75, 3.05) is 0 Å². The molecule has 1 atom stereocenters. The number of allylic oxidation sites excluding steroid dienone is 2. The molecule has 0 fully saturated rings. The highest BCUT2D eigenvalue weighted by molar-refractivity contribution is 4.87. The number of rotatable bonds is 9. The first-order valence-corrected chi connectivity index (χ1v) is 6.51. The quantitative estimate of drug-likeness (QED) is 0.345.